The first-order valence-electron chi connectivity index (χ1n) is 6.38. The summed E-state index contributed by atoms with van der Waals surface area (Å²) in [7, 11) is 3.81. The molecule has 0 amide bonds. The lowest BCUT2D eigenvalue weighted by atomic mass is 9.98. The molecule has 1 atom stereocenters. The largest absolute Gasteiger partial charge is 0.465 e. The number of methoxy groups -OCH3 is 1. The van der Waals surface area contributed by atoms with Gasteiger partial charge in [-0.25, -0.2) is 0 Å². The highest BCUT2D eigenvalue weighted by Gasteiger charge is 2.25. The van der Waals surface area contributed by atoms with E-state index in [1.165, 1.54) is 0 Å². The Morgan fingerprint density at radius 3 is 2.56 bits per heavy atom. The van der Waals surface area contributed by atoms with Gasteiger partial charge in [0, 0.05) is 19.7 Å². The molecule has 0 aliphatic rings. The molecular formula is C14H26N2O2. The zero-order valence-corrected chi connectivity index (χ0v) is 12.2. The van der Waals surface area contributed by atoms with Crippen molar-refractivity contribution in [2.24, 2.45) is 5.73 Å². The van der Waals surface area contributed by atoms with Crippen LogP contribution in [0.25, 0.3) is 0 Å². The number of rotatable bonds is 7. The second-order valence-corrected chi connectivity index (χ2v) is 5.48. The number of likely N-dealkylation sites (N-methyl/N-ethyl adjacent to an activating group) is 1. The topological polar surface area (TPSA) is 51.6 Å². The molecule has 18 heavy (non-hydrogen) atoms. The van der Waals surface area contributed by atoms with Gasteiger partial charge in [-0.3, -0.25) is 4.90 Å². The van der Waals surface area contributed by atoms with Crippen LogP contribution in [0.1, 0.15) is 31.8 Å². The first-order chi connectivity index (χ1) is 8.38. The van der Waals surface area contributed by atoms with Gasteiger partial charge in [0.1, 0.15) is 11.5 Å². The van der Waals surface area contributed by atoms with Crippen LogP contribution in [0.3, 0.4) is 0 Å². The van der Waals surface area contributed by atoms with Gasteiger partial charge in [0.25, 0.3) is 0 Å². The molecule has 1 aromatic heterocycles. The minimum Gasteiger partial charge on any atom is -0.465 e. The monoisotopic (exact) mass is 254 g/mol. The number of aryl methyl sites for hydroxylation is 1. The third-order valence-electron chi connectivity index (χ3n) is 3.38. The van der Waals surface area contributed by atoms with Crippen LogP contribution < -0.4 is 5.73 Å². The quantitative estimate of drug-likeness (QED) is 0.810. The Labute approximate surface area is 110 Å². The van der Waals surface area contributed by atoms with Crippen molar-refractivity contribution < 1.29 is 9.15 Å². The summed E-state index contributed by atoms with van der Waals surface area (Å²) in [4.78, 5) is 2.22. The molecule has 1 heterocycles. The average Bonchev–Trinajstić information content (AvgIpc) is 2.71. The van der Waals surface area contributed by atoms with E-state index in [1.54, 1.807) is 7.11 Å². The molecule has 4 heteroatoms. The number of ether oxygens (including phenoxy) is 1. The molecule has 0 aliphatic carbocycles. The Kier molecular flexibility index (Phi) is 5.38. The van der Waals surface area contributed by atoms with E-state index in [1.807, 2.05) is 19.1 Å². The van der Waals surface area contributed by atoms with E-state index in [-0.39, 0.29) is 11.6 Å². The minimum atomic E-state index is -0.155. The van der Waals surface area contributed by atoms with Gasteiger partial charge in [-0.2, -0.15) is 0 Å². The highest BCUT2D eigenvalue weighted by molar-refractivity contribution is 5.05. The third-order valence-corrected chi connectivity index (χ3v) is 3.38. The maximum Gasteiger partial charge on any atom is 0.118 e. The van der Waals surface area contributed by atoms with Gasteiger partial charge < -0.3 is 14.9 Å². The van der Waals surface area contributed by atoms with Crippen molar-refractivity contribution in [3.63, 3.8) is 0 Å². The van der Waals surface area contributed by atoms with Crippen molar-refractivity contribution in [2.75, 3.05) is 20.7 Å². The second-order valence-electron chi connectivity index (χ2n) is 5.48. The molecule has 104 valence electrons. The normalized spacial score (nSPS) is 14.2. The maximum absolute atomic E-state index is 5.87. The molecule has 4 nitrogen and oxygen atoms in total. The average molecular weight is 254 g/mol. The Hall–Kier alpha value is -0.840. The fraction of sp³-hybridized carbons (Fsp3) is 0.714. The summed E-state index contributed by atoms with van der Waals surface area (Å²) in [6, 6.07) is 4.28. The summed E-state index contributed by atoms with van der Waals surface area (Å²) in [5.74, 6) is 1.92. The van der Waals surface area contributed by atoms with Gasteiger partial charge in [0.2, 0.25) is 0 Å². The predicted molar refractivity (Wildman–Crippen MR) is 73.5 cm³/mol. The molecule has 0 saturated carbocycles. The number of hydrogen-bond donors (Lipinski definition) is 1. The van der Waals surface area contributed by atoms with Crippen molar-refractivity contribution in [3.05, 3.63) is 23.7 Å². The lowest BCUT2D eigenvalue weighted by molar-refractivity contribution is -0.00604. The summed E-state index contributed by atoms with van der Waals surface area (Å²) in [6.45, 7) is 7.51. The molecule has 0 aromatic carbocycles. The molecule has 1 unspecified atom stereocenters. The van der Waals surface area contributed by atoms with Crippen molar-refractivity contribution in [1.82, 2.24) is 4.90 Å². The van der Waals surface area contributed by atoms with E-state index in [9.17, 15) is 0 Å². The summed E-state index contributed by atoms with van der Waals surface area (Å²) < 4.78 is 11.1. The van der Waals surface area contributed by atoms with Crippen LogP contribution in [-0.2, 0) is 11.3 Å². The van der Waals surface area contributed by atoms with Crippen LogP contribution in [0, 0.1) is 6.92 Å². The van der Waals surface area contributed by atoms with Crippen LogP contribution in [0.15, 0.2) is 16.5 Å². The lowest BCUT2D eigenvalue weighted by Gasteiger charge is -2.33. The molecule has 1 aromatic rings. The Morgan fingerprint density at radius 1 is 1.44 bits per heavy atom. The standard InChI is InChI=1S/C14H26N2O2/c1-11-6-7-13(18-11)10-16(4)12(9-15)8-14(2,3)17-5/h6-7,12H,8-10,15H2,1-5H3. The fourth-order valence-corrected chi connectivity index (χ4v) is 2.01. The van der Waals surface area contributed by atoms with Gasteiger partial charge in [0.15, 0.2) is 0 Å². The van der Waals surface area contributed by atoms with Crippen molar-refractivity contribution in [1.29, 1.82) is 0 Å². The van der Waals surface area contributed by atoms with Crippen LogP contribution in [-0.4, -0.2) is 37.2 Å². The Morgan fingerprint density at radius 2 is 2.11 bits per heavy atom. The zero-order chi connectivity index (χ0) is 13.8. The van der Waals surface area contributed by atoms with Crippen molar-refractivity contribution >= 4 is 0 Å². The number of nitrogens with two attached hydrogens (primary N) is 1. The van der Waals surface area contributed by atoms with Crippen LogP contribution in [0.4, 0.5) is 0 Å². The van der Waals surface area contributed by atoms with Crippen LogP contribution in [0.2, 0.25) is 0 Å². The van der Waals surface area contributed by atoms with E-state index >= 15 is 0 Å². The maximum atomic E-state index is 5.87. The highest BCUT2D eigenvalue weighted by Crippen LogP contribution is 2.19. The third kappa shape index (κ3) is 4.44. The summed E-state index contributed by atoms with van der Waals surface area (Å²) in [6.07, 6.45) is 0.899. The first-order valence-corrected chi connectivity index (χ1v) is 6.38. The number of furan rings is 1. The van der Waals surface area contributed by atoms with E-state index in [0.29, 0.717) is 6.54 Å². The summed E-state index contributed by atoms with van der Waals surface area (Å²) >= 11 is 0. The Bertz CT molecular complexity index is 360. The predicted octanol–water partition coefficient (Wildman–Crippen LogP) is 2.16. The molecule has 0 saturated heterocycles. The van der Waals surface area contributed by atoms with Crippen molar-refractivity contribution in [2.45, 2.75) is 45.4 Å². The van der Waals surface area contributed by atoms with Gasteiger partial charge in [-0.1, -0.05) is 0 Å². The fourth-order valence-electron chi connectivity index (χ4n) is 2.01. The zero-order valence-electron chi connectivity index (χ0n) is 12.2. The van der Waals surface area contributed by atoms with E-state index < -0.39 is 0 Å². The molecule has 0 fully saturated rings. The van der Waals surface area contributed by atoms with E-state index in [0.717, 1.165) is 24.5 Å². The molecule has 2 N–H and O–H groups in total. The Balaban J connectivity index is 2.59. The second kappa shape index (κ2) is 6.36. The minimum absolute atomic E-state index is 0.155. The van der Waals surface area contributed by atoms with Gasteiger partial charge in [-0.05, 0) is 46.4 Å². The number of hydrogen-bond acceptors (Lipinski definition) is 4. The summed E-state index contributed by atoms with van der Waals surface area (Å²) in [5, 5.41) is 0. The molecule has 0 bridgehead atoms. The van der Waals surface area contributed by atoms with Crippen LogP contribution >= 0.6 is 0 Å². The molecule has 0 aliphatic heterocycles. The van der Waals surface area contributed by atoms with Crippen LogP contribution in [0.5, 0.6) is 0 Å². The SMILES string of the molecule is COC(C)(C)CC(CN)N(C)Cc1ccc(C)o1. The highest BCUT2D eigenvalue weighted by atomic mass is 16.5. The van der Waals surface area contributed by atoms with E-state index in [4.69, 9.17) is 14.9 Å². The molecule has 0 spiro atoms. The van der Waals surface area contributed by atoms with Gasteiger partial charge >= 0.3 is 0 Å². The van der Waals surface area contributed by atoms with Gasteiger partial charge in [0.05, 0.1) is 12.1 Å². The summed E-state index contributed by atoms with van der Waals surface area (Å²) in [5.41, 5.74) is 5.71. The van der Waals surface area contributed by atoms with Crippen molar-refractivity contribution in [3.8, 4) is 0 Å². The molecule has 0 radical (unpaired) electrons. The molecular weight excluding hydrogens is 228 g/mol. The lowest BCUT2D eigenvalue weighted by Crippen LogP contribution is -2.43. The molecule has 1 rings (SSSR count). The number of nitrogens with zero attached hydrogens (tertiary/aromatic N) is 1. The smallest absolute Gasteiger partial charge is 0.118 e. The van der Waals surface area contributed by atoms with E-state index in [2.05, 4.69) is 25.8 Å². The van der Waals surface area contributed by atoms with Gasteiger partial charge in [-0.15, -0.1) is 0 Å². The first kappa shape index (κ1) is 15.2.